The van der Waals surface area contributed by atoms with Crippen LogP contribution in [0.1, 0.15) is 36.0 Å². The molecular weight excluding hydrogens is 278 g/mol. The summed E-state index contributed by atoms with van der Waals surface area (Å²) in [6.45, 7) is 0.142. The predicted octanol–water partition coefficient (Wildman–Crippen LogP) is 2.15. The zero-order valence-electron chi connectivity index (χ0n) is 12.5. The Morgan fingerprint density at radius 2 is 2.05 bits per heavy atom. The Bertz CT molecular complexity index is 607. The molecule has 3 rings (SSSR count). The minimum absolute atomic E-state index is 0.0719. The van der Waals surface area contributed by atoms with Gasteiger partial charge in [0, 0.05) is 36.5 Å². The first-order valence-corrected chi connectivity index (χ1v) is 7.80. The Labute approximate surface area is 130 Å². The summed E-state index contributed by atoms with van der Waals surface area (Å²) in [5.41, 5.74) is 1.56. The van der Waals surface area contributed by atoms with Crippen LogP contribution in [0.5, 0.6) is 0 Å². The van der Waals surface area contributed by atoms with Crippen molar-refractivity contribution in [1.82, 2.24) is 15.1 Å². The number of aromatic nitrogens is 2. The van der Waals surface area contributed by atoms with Crippen LogP contribution in [-0.4, -0.2) is 33.4 Å². The van der Waals surface area contributed by atoms with Crippen LogP contribution in [0.3, 0.4) is 0 Å². The summed E-state index contributed by atoms with van der Waals surface area (Å²) in [6.07, 6.45) is 7.76. The Kier molecular flexibility index (Phi) is 4.53. The average molecular weight is 299 g/mol. The molecule has 0 aliphatic heterocycles. The third kappa shape index (κ3) is 3.20. The van der Waals surface area contributed by atoms with Gasteiger partial charge in [0.05, 0.1) is 5.69 Å². The van der Waals surface area contributed by atoms with Gasteiger partial charge in [-0.25, -0.2) is 4.68 Å². The fourth-order valence-corrected chi connectivity index (χ4v) is 3.06. The molecule has 5 heteroatoms. The lowest BCUT2D eigenvalue weighted by atomic mass is 9.85. The van der Waals surface area contributed by atoms with E-state index in [1.165, 1.54) is 0 Å². The predicted molar refractivity (Wildman–Crippen MR) is 83.9 cm³/mol. The molecule has 1 aliphatic carbocycles. The average Bonchev–Trinajstić information content (AvgIpc) is 3.10. The fourth-order valence-electron chi connectivity index (χ4n) is 3.06. The molecule has 0 bridgehead atoms. The van der Waals surface area contributed by atoms with Crippen LogP contribution < -0.4 is 5.32 Å². The molecule has 0 saturated heterocycles. The smallest absolute Gasteiger partial charge is 0.251 e. The minimum Gasteiger partial charge on any atom is -0.396 e. The third-order valence-electron chi connectivity index (χ3n) is 4.36. The van der Waals surface area contributed by atoms with Gasteiger partial charge in [-0.1, -0.05) is 12.8 Å². The fraction of sp³-hybridized carbons (Fsp3) is 0.412. The van der Waals surface area contributed by atoms with Crippen molar-refractivity contribution in [2.45, 2.75) is 31.7 Å². The molecule has 1 heterocycles. The van der Waals surface area contributed by atoms with E-state index in [2.05, 4.69) is 10.4 Å². The Morgan fingerprint density at radius 1 is 1.27 bits per heavy atom. The number of benzene rings is 1. The summed E-state index contributed by atoms with van der Waals surface area (Å²) in [6, 6.07) is 9.32. The number of carbonyl (C=O) groups excluding carboxylic acids is 1. The minimum atomic E-state index is -0.0719. The first-order chi connectivity index (χ1) is 10.8. The van der Waals surface area contributed by atoms with Crippen LogP contribution in [0.2, 0.25) is 0 Å². The lowest BCUT2D eigenvalue weighted by Gasteiger charge is -2.30. The van der Waals surface area contributed by atoms with Crippen molar-refractivity contribution in [2.75, 3.05) is 6.61 Å². The highest BCUT2D eigenvalue weighted by molar-refractivity contribution is 5.94. The Hall–Kier alpha value is -2.14. The van der Waals surface area contributed by atoms with Gasteiger partial charge < -0.3 is 10.4 Å². The lowest BCUT2D eigenvalue weighted by Crippen LogP contribution is -2.43. The van der Waals surface area contributed by atoms with Crippen molar-refractivity contribution in [3.8, 4) is 5.69 Å². The SMILES string of the molecule is O=C(NC1CCCCC1CO)c1ccc(-n2cccn2)cc1. The molecule has 2 aromatic rings. The van der Waals surface area contributed by atoms with Gasteiger partial charge in [-0.3, -0.25) is 4.79 Å². The molecule has 0 spiro atoms. The van der Waals surface area contributed by atoms with Gasteiger partial charge in [-0.15, -0.1) is 0 Å². The number of nitrogens with zero attached hydrogens (tertiary/aromatic N) is 2. The van der Waals surface area contributed by atoms with E-state index in [0.29, 0.717) is 5.56 Å². The molecule has 2 N–H and O–H groups in total. The zero-order chi connectivity index (χ0) is 15.4. The summed E-state index contributed by atoms with van der Waals surface area (Å²) >= 11 is 0. The van der Waals surface area contributed by atoms with Crippen LogP contribution in [-0.2, 0) is 0 Å². The van der Waals surface area contributed by atoms with Gasteiger partial charge in [-0.05, 0) is 43.2 Å². The molecule has 1 amide bonds. The molecule has 1 fully saturated rings. The van der Waals surface area contributed by atoms with Gasteiger partial charge in [-0.2, -0.15) is 5.10 Å². The van der Waals surface area contributed by atoms with Crippen molar-refractivity contribution in [2.24, 2.45) is 5.92 Å². The van der Waals surface area contributed by atoms with Gasteiger partial charge in [0.25, 0.3) is 5.91 Å². The first-order valence-electron chi connectivity index (χ1n) is 7.80. The van der Waals surface area contributed by atoms with Gasteiger partial charge in [0.2, 0.25) is 0 Å². The van der Waals surface area contributed by atoms with E-state index in [1.54, 1.807) is 10.9 Å². The molecule has 1 aromatic heterocycles. The largest absolute Gasteiger partial charge is 0.396 e. The molecule has 0 radical (unpaired) electrons. The molecule has 22 heavy (non-hydrogen) atoms. The Morgan fingerprint density at radius 3 is 2.73 bits per heavy atom. The standard InChI is InChI=1S/C17H21N3O2/c21-12-14-4-1-2-5-16(14)19-17(22)13-6-8-15(9-7-13)20-11-3-10-18-20/h3,6-11,14,16,21H,1-2,4-5,12H2,(H,19,22). The topological polar surface area (TPSA) is 67.2 Å². The van der Waals surface area contributed by atoms with Crippen molar-refractivity contribution < 1.29 is 9.90 Å². The zero-order valence-corrected chi connectivity index (χ0v) is 12.5. The lowest BCUT2D eigenvalue weighted by molar-refractivity contribution is 0.0872. The highest BCUT2D eigenvalue weighted by Gasteiger charge is 2.26. The van der Waals surface area contributed by atoms with E-state index in [9.17, 15) is 9.90 Å². The van der Waals surface area contributed by atoms with Gasteiger partial charge >= 0.3 is 0 Å². The number of aliphatic hydroxyl groups excluding tert-OH is 1. The maximum absolute atomic E-state index is 12.4. The molecule has 116 valence electrons. The van der Waals surface area contributed by atoms with E-state index in [0.717, 1.165) is 31.4 Å². The summed E-state index contributed by atoms with van der Waals surface area (Å²) < 4.78 is 1.75. The molecular formula is C17H21N3O2. The highest BCUT2D eigenvalue weighted by Crippen LogP contribution is 2.24. The maximum Gasteiger partial charge on any atom is 0.251 e. The van der Waals surface area contributed by atoms with Crippen molar-refractivity contribution in [3.63, 3.8) is 0 Å². The molecule has 2 atom stereocenters. The number of rotatable bonds is 4. The molecule has 1 aliphatic rings. The number of hydrogen-bond donors (Lipinski definition) is 2. The van der Waals surface area contributed by atoms with Crippen LogP contribution in [0.4, 0.5) is 0 Å². The van der Waals surface area contributed by atoms with Crippen molar-refractivity contribution in [1.29, 1.82) is 0 Å². The van der Waals surface area contributed by atoms with Crippen LogP contribution in [0.25, 0.3) is 5.69 Å². The second-order valence-electron chi connectivity index (χ2n) is 5.80. The molecule has 2 unspecified atom stereocenters. The van der Waals surface area contributed by atoms with E-state index < -0.39 is 0 Å². The summed E-state index contributed by atoms with van der Waals surface area (Å²) in [5.74, 6) is 0.110. The van der Waals surface area contributed by atoms with Gasteiger partial charge in [0.15, 0.2) is 0 Å². The van der Waals surface area contributed by atoms with E-state index >= 15 is 0 Å². The van der Waals surface area contributed by atoms with Crippen LogP contribution >= 0.6 is 0 Å². The highest BCUT2D eigenvalue weighted by atomic mass is 16.3. The number of amides is 1. The second-order valence-corrected chi connectivity index (χ2v) is 5.80. The van der Waals surface area contributed by atoms with E-state index in [4.69, 9.17) is 0 Å². The normalized spacial score (nSPS) is 21.5. The van der Waals surface area contributed by atoms with Crippen molar-refractivity contribution >= 4 is 5.91 Å². The third-order valence-corrected chi connectivity index (χ3v) is 4.36. The molecule has 5 nitrogen and oxygen atoms in total. The maximum atomic E-state index is 12.4. The van der Waals surface area contributed by atoms with Crippen molar-refractivity contribution in [3.05, 3.63) is 48.3 Å². The van der Waals surface area contributed by atoms with Crippen LogP contribution in [0, 0.1) is 5.92 Å². The summed E-state index contributed by atoms with van der Waals surface area (Å²) in [7, 11) is 0. The summed E-state index contributed by atoms with van der Waals surface area (Å²) in [4.78, 5) is 12.4. The number of nitrogens with one attached hydrogen (secondary N) is 1. The quantitative estimate of drug-likeness (QED) is 0.909. The number of aliphatic hydroxyl groups is 1. The second kappa shape index (κ2) is 6.75. The molecule has 1 saturated carbocycles. The Balaban J connectivity index is 1.67. The van der Waals surface area contributed by atoms with Crippen LogP contribution in [0.15, 0.2) is 42.7 Å². The van der Waals surface area contributed by atoms with E-state index in [-0.39, 0.29) is 24.5 Å². The summed E-state index contributed by atoms with van der Waals surface area (Å²) in [5, 5.41) is 16.7. The number of hydrogen-bond acceptors (Lipinski definition) is 3. The van der Waals surface area contributed by atoms with Gasteiger partial charge in [0.1, 0.15) is 0 Å². The number of carbonyl (C=O) groups is 1. The monoisotopic (exact) mass is 299 g/mol. The van der Waals surface area contributed by atoms with E-state index in [1.807, 2.05) is 36.5 Å². The molecule has 1 aromatic carbocycles. The first kappa shape index (κ1) is 14.8.